The minimum atomic E-state index is 0.00352. The molecule has 0 saturated carbocycles. The topological polar surface area (TPSA) is 67.4 Å². The average molecular weight is 250 g/mol. The number of aromatic nitrogens is 2. The van der Waals surface area contributed by atoms with E-state index in [4.69, 9.17) is 4.74 Å². The van der Waals surface area contributed by atoms with Crippen LogP contribution in [0.4, 0.5) is 5.82 Å². The second kappa shape index (κ2) is 5.77. The zero-order chi connectivity index (χ0) is 13.0. The van der Waals surface area contributed by atoms with Crippen molar-refractivity contribution in [1.29, 1.82) is 0 Å². The first kappa shape index (κ1) is 12.8. The number of carbonyl (C=O) groups excluding carboxylic acids is 1. The highest BCUT2D eigenvalue weighted by atomic mass is 16.5. The lowest BCUT2D eigenvalue weighted by Crippen LogP contribution is -2.34. The number of amides is 1. The number of nitrogens with zero attached hydrogens (tertiary/aromatic N) is 3. The Morgan fingerprint density at radius 1 is 1.56 bits per heavy atom. The number of hydrogen-bond acceptors (Lipinski definition) is 5. The first-order valence-corrected chi connectivity index (χ1v) is 6.05. The van der Waals surface area contributed by atoms with Crippen LogP contribution in [0.3, 0.4) is 0 Å². The van der Waals surface area contributed by atoms with Crippen molar-refractivity contribution in [1.82, 2.24) is 14.9 Å². The number of carbonyl (C=O) groups is 1. The Kier molecular flexibility index (Phi) is 4.09. The molecule has 1 aliphatic heterocycles. The van der Waals surface area contributed by atoms with Crippen LogP contribution in [-0.2, 0) is 9.53 Å². The van der Waals surface area contributed by atoms with Crippen molar-refractivity contribution in [2.75, 3.05) is 32.6 Å². The quantitative estimate of drug-likeness (QED) is 0.857. The van der Waals surface area contributed by atoms with Crippen LogP contribution in [0.25, 0.3) is 0 Å². The van der Waals surface area contributed by atoms with Gasteiger partial charge in [0, 0.05) is 33.1 Å². The summed E-state index contributed by atoms with van der Waals surface area (Å²) in [5, 5.41) is 3.02. The summed E-state index contributed by atoms with van der Waals surface area (Å²) in [4.78, 5) is 22.4. The minimum absolute atomic E-state index is 0.00352. The summed E-state index contributed by atoms with van der Waals surface area (Å²) in [6.07, 6.45) is 5.21. The predicted octanol–water partition coefficient (Wildman–Crippen LogP) is 0.828. The largest absolute Gasteiger partial charge is 0.375 e. The van der Waals surface area contributed by atoms with Gasteiger partial charge in [-0.1, -0.05) is 0 Å². The van der Waals surface area contributed by atoms with Crippen LogP contribution in [0, 0.1) is 0 Å². The summed E-state index contributed by atoms with van der Waals surface area (Å²) in [6, 6.07) is 0.00352. The van der Waals surface area contributed by atoms with E-state index < -0.39 is 0 Å². The smallest absolute Gasteiger partial charge is 0.249 e. The Morgan fingerprint density at radius 3 is 3.06 bits per heavy atom. The molecule has 0 bridgehead atoms. The maximum Gasteiger partial charge on any atom is 0.249 e. The molecule has 0 radical (unpaired) electrons. The fourth-order valence-corrected chi connectivity index (χ4v) is 2.34. The van der Waals surface area contributed by atoms with Crippen molar-refractivity contribution in [3.8, 4) is 0 Å². The van der Waals surface area contributed by atoms with Gasteiger partial charge in [0.1, 0.15) is 18.1 Å². The van der Waals surface area contributed by atoms with E-state index >= 15 is 0 Å². The van der Waals surface area contributed by atoms with Crippen LogP contribution >= 0.6 is 0 Å². The van der Waals surface area contributed by atoms with Crippen molar-refractivity contribution in [3.05, 3.63) is 18.1 Å². The standard InChI is InChI=1S/C12H18N4O2/c1-13-12-11(14-5-6-15-12)9-4-3-7-16(9)10(17)8-18-2/h5-6,9H,3-4,7-8H2,1-2H3,(H,13,15)/t9-/m1/s1. The van der Waals surface area contributed by atoms with Gasteiger partial charge < -0.3 is 15.0 Å². The molecular formula is C12H18N4O2. The maximum absolute atomic E-state index is 12.0. The van der Waals surface area contributed by atoms with Gasteiger partial charge in [0.25, 0.3) is 0 Å². The second-order valence-electron chi connectivity index (χ2n) is 4.22. The summed E-state index contributed by atoms with van der Waals surface area (Å²) in [5.74, 6) is 0.743. The maximum atomic E-state index is 12.0. The van der Waals surface area contributed by atoms with Crippen molar-refractivity contribution in [3.63, 3.8) is 0 Å². The van der Waals surface area contributed by atoms with Crippen molar-refractivity contribution in [2.24, 2.45) is 0 Å². The van der Waals surface area contributed by atoms with Crippen molar-refractivity contribution in [2.45, 2.75) is 18.9 Å². The predicted molar refractivity (Wildman–Crippen MR) is 67.1 cm³/mol. The second-order valence-corrected chi connectivity index (χ2v) is 4.22. The van der Waals surface area contributed by atoms with E-state index in [1.807, 2.05) is 11.9 Å². The number of likely N-dealkylation sites (tertiary alicyclic amines) is 1. The highest BCUT2D eigenvalue weighted by Gasteiger charge is 2.32. The highest BCUT2D eigenvalue weighted by Crippen LogP contribution is 2.33. The Morgan fingerprint density at radius 2 is 2.33 bits per heavy atom. The number of methoxy groups -OCH3 is 1. The molecule has 1 amide bonds. The highest BCUT2D eigenvalue weighted by molar-refractivity contribution is 5.78. The van der Waals surface area contributed by atoms with Gasteiger partial charge >= 0.3 is 0 Å². The van der Waals surface area contributed by atoms with Gasteiger partial charge in [-0.2, -0.15) is 0 Å². The summed E-state index contributed by atoms with van der Waals surface area (Å²) in [6.45, 7) is 0.873. The number of ether oxygens (including phenoxy) is 1. The molecule has 0 unspecified atom stereocenters. The Bertz CT molecular complexity index is 424. The number of nitrogens with one attached hydrogen (secondary N) is 1. The molecule has 1 N–H and O–H groups in total. The van der Waals surface area contributed by atoms with E-state index in [-0.39, 0.29) is 18.6 Å². The van der Waals surface area contributed by atoms with Crippen molar-refractivity contribution >= 4 is 11.7 Å². The Balaban J connectivity index is 2.23. The SMILES string of the molecule is CNc1nccnc1[C@H]1CCCN1C(=O)COC. The van der Waals surface area contributed by atoms with E-state index in [2.05, 4.69) is 15.3 Å². The lowest BCUT2D eigenvalue weighted by molar-refractivity contribution is -0.136. The molecule has 1 aromatic heterocycles. The molecule has 2 rings (SSSR count). The zero-order valence-electron chi connectivity index (χ0n) is 10.7. The molecule has 0 spiro atoms. The van der Waals surface area contributed by atoms with Crippen LogP contribution in [-0.4, -0.2) is 48.1 Å². The number of anilines is 1. The van der Waals surface area contributed by atoms with Gasteiger partial charge in [-0.3, -0.25) is 9.78 Å². The molecule has 1 fully saturated rings. The van der Waals surface area contributed by atoms with Crippen LogP contribution in [0.2, 0.25) is 0 Å². The van der Waals surface area contributed by atoms with Crippen LogP contribution in [0.15, 0.2) is 12.4 Å². The third-order valence-electron chi connectivity index (χ3n) is 3.12. The normalized spacial score (nSPS) is 19.0. The molecule has 6 heteroatoms. The van der Waals surface area contributed by atoms with Crippen molar-refractivity contribution < 1.29 is 9.53 Å². The van der Waals surface area contributed by atoms with Gasteiger partial charge in [-0.15, -0.1) is 0 Å². The van der Waals surface area contributed by atoms with E-state index in [1.54, 1.807) is 12.4 Å². The minimum Gasteiger partial charge on any atom is -0.375 e. The van der Waals surface area contributed by atoms with Gasteiger partial charge in [0.15, 0.2) is 0 Å². The molecule has 2 heterocycles. The summed E-state index contributed by atoms with van der Waals surface area (Å²) < 4.78 is 4.91. The molecular weight excluding hydrogens is 232 g/mol. The van der Waals surface area contributed by atoms with Gasteiger partial charge in [0.05, 0.1) is 6.04 Å². The molecule has 1 saturated heterocycles. The molecule has 18 heavy (non-hydrogen) atoms. The first-order chi connectivity index (χ1) is 8.77. The molecule has 1 aliphatic rings. The molecule has 1 atom stereocenters. The fraction of sp³-hybridized carbons (Fsp3) is 0.583. The first-order valence-electron chi connectivity index (χ1n) is 6.05. The Labute approximate surface area is 106 Å². The van der Waals surface area contributed by atoms with E-state index in [9.17, 15) is 4.79 Å². The third kappa shape index (κ3) is 2.43. The summed E-state index contributed by atoms with van der Waals surface area (Å²) in [7, 11) is 3.34. The van der Waals surface area contributed by atoms with Crippen LogP contribution in [0.1, 0.15) is 24.6 Å². The molecule has 6 nitrogen and oxygen atoms in total. The van der Waals surface area contributed by atoms with E-state index in [0.717, 1.165) is 30.9 Å². The van der Waals surface area contributed by atoms with E-state index in [1.165, 1.54) is 7.11 Å². The molecule has 98 valence electrons. The molecule has 0 aromatic carbocycles. The molecule has 1 aromatic rings. The van der Waals surface area contributed by atoms with Gasteiger partial charge in [-0.05, 0) is 12.8 Å². The monoisotopic (exact) mass is 250 g/mol. The number of rotatable bonds is 4. The fourth-order valence-electron chi connectivity index (χ4n) is 2.34. The summed E-state index contributed by atoms with van der Waals surface area (Å²) in [5.41, 5.74) is 0.835. The zero-order valence-corrected chi connectivity index (χ0v) is 10.7. The van der Waals surface area contributed by atoms with E-state index in [0.29, 0.717) is 0 Å². The lowest BCUT2D eigenvalue weighted by Gasteiger charge is -2.25. The lowest BCUT2D eigenvalue weighted by atomic mass is 10.1. The number of hydrogen-bond donors (Lipinski definition) is 1. The Hall–Kier alpha value is -1.69. The van der Waals surface area contributed by atoms with Crippen LogP contribution in [0.5, 0.6) is 0 Å². The van der Waals surface area contributed by atoms with Crippen LogP contribution < -0.4 is 5.32 Å². The average Bonchev–Trinajstić information content (AvgIpc) is 2.88. The summed E-state index contributed by atoms with van der Waals surface area (Å²) >= 11 is 0. The third-order valence-corrected chi connectivity index (χ3v) is 3.12. The van der Waals surface area contributed by atoms with Gasteiger partial charge in [-0.25, -0.2) is 4.98 Å². The molecule has 0 aliphatic carbocycles. The van der Waals surface area contributed by atoms with Gasteiger partial charge in [0.2, 0.25) is 5.91 Å².